The van der Waals surface area contributed by atoms with Crippen molar-refractivity contribution in [2.24, 2.45) is 0 Å². The van der Waals surface area contributed by atoms with Gasteiger partial charge in [-0.25, -0.2) is 0 Å². The summed E-state index contributed by atoms with van der Waals surface area (Å²) in [6.45, 7) is 6.78. The molecule has 1 aromatic heterocycles. The van der Waals surface area contributed by atoms with Crippen molar-refractivity contribution in [2.75, 3.05) is 0 Å². The highest BCUT2D eigenvalue weighted by Gasteiger charge is 2.14. The lowest BCUT2D eigenvalue weighted by Gasteiger charge is -2.19. The van der Waals surface area contributed by atoms with E-state index in [4.69, 9.17) is 9.26 Å². The van der Waals surface area contributed by atoms with E-state index in [2.05, 4.69) is 38.1 Å². The molecule has 0 spiro atoms. The second-order valence-electron chi connectivity index (χ2n) is 6.91. The maximum Gasteiger partial charge on any atom is 0.312 e. The summed E-state index contributed by atoms with van der Waals surface area (Å²) in [6.07, 6.45) is 0.108. The Kier molecular flexibility index (Phi) is 4.38. The van der Waals surface area contributed by atoms with E-state index in [0.717, 1.165) is 10.9 Å². The van der Waals surface area contributed by atoms with Gasteiger partial charge >= 0.3 is 5.97 Å². The Balaban J connectivity index is 1.59. The Morgan fingerprint density at radius 2 is 1.79 bits per heavy atom. The number of hydrogen-bond acceptors (Lipinski definition) is 4. The standard InChI is InChI=1S/C20H21NO3/c1-20(2,3)15-10-8-14(9-11-15)13-23-19(22)12-17-16-6-4-5-7-18(16)24-21-17/h4-11H,12-13H2,1-3H3. The number of rotatable bonds is 4. The van der Waals surface area contributed by atoms with E-state index < -0.39 is 0 Å². The molecular formula is C20H21NO3. The van der Waals surface area contributed by atoms with Crippen molar-refractivity contribution in [2.45, 2.75) is 39.2 Å². The van der Waals surface area contributed by atoms with Gasteiger partial charge in [-0.3, -0.25) is 4.79 Å². The predicted octanol–water partition coefficient (Wildman–Crippen LogP) is 4.41. The van der Waals surface area contributed by atoms with Gasteiger partial charge in [0, 0.05) is 5.39 Å². The second-order valence-corrected chi connectivity index (χ2v) is 6.91. The Bertz CT molecular complexity index is 841. The third-order valence-corrected chi connectivity index (χ3v) is 3.98. The summed E-state index contributed by atoms with van der Waals surface area (Å²) in [5.74, 6) is -0.311. The molecule has 0 bridgehead atoms. The van der Waals surface area contributed by atoms with Crippen molar-refractivity contribution in [3.8, 4) is 0 Å². The van der Waals surface area contributed by atoms with E-state index in [1.807, 2.05) is 36.4 Å². The summed E-state index contributed by atoms with van der Waals surface area (Å²) in [5, 5.41) is 4.80. The first kappa shape index (κ1) is 16.2. The Hall–Kier alpha value is -2.62. The molecule has 4 heteroatoms. The third-order valence-electron chi connectivity index (χ3n) is 3.98. The van der Waals surface area contributed by atoms with Crippen molar-refractivity contribution in [3.63, 3.8) is 0 Å². The molecule has 3 aromatic rings. The van der Waals surface area contributed by atoms with E-state index in [9.17, 15) is 4.79 Å². The number of esters is 1. The van der Waals surface area contributed by atoms with Gasteiger partial charge in [-0.1, -0.05) is 62.3 Å². The van der Waals surface area contributed by atoms with Crippen molar-refractivity contribution >= 4 is 16.9 Å². The first-order chi connectivity index (χ1) is 11.4. The van der Waals surface area contributed by atoms with Crippen molar-refractivity contribution in [1.82, 2.24) is 5.16 Å². The van der Waals surface area contributed by atoms with Gasteiger partial charge < -0.3 is 9.26 Å². The topological polar surface area (TPSA) is 52.3 Å². The number of hydrogen-bond donors (Lipinski definition) is 0. The van der Waals surface area contributed by atoms with Crippen molar-refractivity contribution in [3.05, 3.63) is 65.4 Å². The summed E-state index contributed by atoms with van der Waals surface area (Å²) in [6, 6.07) is 15.6. The van der Waals surface area contributed by atoms with Crippen LogP contribution in [0.15, 0.2) is 53.1 Å². The molecule has 0 radical (unpaired) electrons. The van der Waals surface area contributed by atoms with Crippen LogP contribution in [0.25, 0.3) is 11.0 Å². The van der Waals surface area contributed by atoms with Crippen LogP contribution in [0.5, 0.6) is 0 Å². The van der Waals surface area contributed by atoms with Crippen molar-refractivity contribution < 1.29 is 14.1 Å². The summed E-state index contributed by atoms with van der Waals surface area (Å²) in [5.41, 5.74) is 3.63. The van der Waals surface area contributed by atoms with E-state index in [1.54, 1.807) is 0 Å². The molecule has 3 rings (SSSR count). The molecule has 0 atom stereocenters. The number of ether oxygens (including phenoxy) is 1. The molecule has 0 aliphatic carbocycles. The normalized spacial score (nSPS) is 11.6. The largest absolute Gasteiger partial charge is 0.461 e. The summed E-state index contributed by atoms with van der Waals surface area (Å²) in [4.78, 5) is 12.0. The molecule has 0 saturated heterocycles. The smallest absolute Gasteiger partial charge is 0.312 e. The van der Waals surface area contributed by atoms with Crippen LogP contribution in [-0.4, -0.2) is 11.1 Å². The minimum absolute atomic E-state index is 0.108. The van der Waals surface area contributed by atoms with Crippen LogP contribution in [0.1, 0.15) is 37.6 Å². The molecule has 0 aliphatic heterocycles. The summed E-state index contributed by atoms with van der Waals surface area (Å²) in [7, 11) is 0. The van der Waals surface area contributed by atoms with E-state index in [1.165, 1.54) is 5.56 Å². The van der Waals surface area contributed by atoms with Crippen LogP contribution in [0, 0.1) is 0 Å². The lowest BCUT2D eigenvalue weighted by atomic mass is 9.87. The van der Waals surface area contributed by atoms with Crippen molar-refractivity contribution in [1.29, 1.82) is 0 Å². The minimum Gasteiger partial charge on any atom is -0.461 e. The molecule has 0 N–H and O–H groups in total. The maximum absolute atomic E-state index is 12.0. The number of aromatic nitrogens is 1. The number of fused-ring (bicyclic) bond motifs is 1. The highest BCUT2D eigenvalue weighted by atomic mass is 16.5. The zero-order chi connectivity index (χ0) is 17.2. The van der Waals surface area contributed by atoms with Gasteiger partial charge in [0.15, 0.2) is 5.58 Å². The molecule has 2 aromatic carbocycles. The van der Waals surface area contributed by atoms with Gasteiger partial charge in [-0.2, -0.15) is 0 Å². The SMILES string of the molecule is CC(C)(C)c1ccc(COC(=O)Cc2noc3ccccc23)cc1. The van der Waals surface area contributed by atoms with Crippen LogP contribution >= 0.6 is 0 Å². The lowest BCUT2D eigenvalue weighted by Crippen LogP contribution is -2.11. The minimum atomic E-state index is -0.311. The number of carbonyl (C=O) groups excluding carboxylic acids is 1. The first-order valence-electron chi connectivity index (χ1n) is 8.02. The molecule has 24 heavy (non-hydrogen) atoms. The monoisotopic (exact) mass is 323 g/mol. The van der Waals surface area contributed by atoms with Crippen LogP contribution in [0.2, 0.25) is 0 Å². The fourth-order valence-corrected chi connectivity index (χ4v) is 2.52. The van der Waals surface area contributed by atoms with Crippen LogP contribution < -0.4 is 0 Å². The molecular weight excluding hydrogens is 302 g/mol. The van der Waals surface area contributed by atoms with Gasteiger partial charge in [-0.15, -0.1) is 0 Å². The van der Waals surface area contributed by atoms with Crippen LogP contribution in [-0.2, 0) is 28.0 Å². The van der Waals surface area contributed by atoms with Gasteiger partial charge in [0.05, 0.1) is 6.42 Å². The highest BCUT2D eigenvalue weighted by Crippen LogP contribution is 2.22. The average molecular weight is 323 g/mol. The molecule has 4 nitrogen and oxygen atoms in total. The maximum atomic E-state index is 12.0. The molecule has 0 amide bonds. The Morgan fingerprint density at radius 3 is 2.50 bits per heavy atom. The fraction of sp³-hybridized carbons (Fsp3) is 0.300. The predicted molar refractivity (Wildman–Crippen MR) is 92.7 cm³/mol. The molecule has 0 fully saturated rings. The highest BCUT2D eigenvalue weighted by molar-refractivity contribution is 5.84. The Morgan fingerprint density at radius 1 is 1.08 bits per heavy atom. The number of nitrogens with zero attached hydrogens (tertiary/aromatic N) is 1. The first-order valence-corrected chi connectivity index (χ1v) is 8.02. The van der Waals surface area contributed by atoms with E-state index in [0.29, 0.717) is 11.3 Å². The summed E-state index contributed by atoms with van der Waals surface area (Å²) >= 11 is 0. The van der Waals surface area contributed by atoms with E-state index >= 15 is 0 Å². The summed E-state index contributed by atoms with van der Waals surface area (Å²) < 4.78 is 10.6. The molecule has 124 valence electrons. The van der Waals surface area contributed by atoms with E-state index in [-0.39, 0.29) is 24.4 Å². The third kappa shape index (κ3) is 3.65. The fourth-order valence-electron chi connectivity index (χ4n) is 2.52. The zero-order valence-electron chi connectivity index (χ0n) is 14.2. The lowest BCUT2D eigenvalue weighted by molar-refractivity contribution is -0.144. The quantitative estimate of drug-likeness (QED) is 0.667. The van der Waals surface area contributed by atoms with Crippen LogP contribution in [0.3, 0.4) is 0 Å². The average Bonchev–Trinajstić information content (AvgIpc) is 2.96. The molecule has 1 heterocycles. The van der Waals surface area contributed by atoms with Gasteiger partial charge in [0.25, 0.3) is 0 Å². The number of carbonyl (C=O) groups is 1. The second kappa shape index (κ2) is 6.48. The van der Waals surface area contributed by atoms with Gasteiger partial charge in [0.1, 0.15) is 12.3 Å². The van der Waals surface area contributed by atoms with Gasteiger partial charge in [0.2, 0.25) is 0 Å². The van der Waals surface area contributed by atoms with Crippen LogP contribution in [0.4, 0.5) is 0 Å². The zero-order valence-corrected chi connectivity index (χ0v) is 14.2. The number of para-hydroxylation sites is 1. The number of benzene rings is 2. The molecule has 0 saturated carbocycles. The Labute approximate surface area is 141 Å². The van der Waals surface area contributed by atoms with Gasteiger partial charge in [-0.05, 0) is 28.7 Å². The molecule has 0 unspecified atom stereocenters. The molecule has 0 aliphatic rings.